The Morgan fingerprint density at radius 2 is 2.22 bits per heavy atom. The molecule has 0 aliphatic heterocycles. The fourth-order valence-corrected chi connectivity index (χ4v) is 2.74. The van der Waals surface area contributed by atoms with Gasteiger partial charge < -0.3 is 10.1 Å². The van der Waals surface area contributed by atoms with Crippen LogP contribution >= 0.6 is 11.6 Å². The molecule has 18 heavy (non-hydrogen) atoms. The smallest absolute Gasteiger partial charge is 0.255 e. The summed E-state index contributed by atoms with van der Waals surface area (Å²) in [5, 5.41) is 3.23. The van der Waals surface area contributed by atoms with Crippen LogP contribution in [0.5, 0.6) is 5.75 Å². The van der Waals surface area contributed by atoms with Crippen molar-refractivity contribution in [2.75, 3.05) is 13.7 Å². The Balaban J connectivity index is 1.91. The van der Waals surface area contributed by atoms with Gasteiger partial charge in [-0.25, -0.2) is 0 Å². The highest BCUT2D eigenvalue weighted by Crippen LogP contribution is 2.28. The van der Waals surface area contributed by atoms with Gasteiger partial charge in [0, 0.05) is 11.9 Å². The van der Waals surface area contributed by atoms with Crippen LogP contribution in [0.1, 0.15) is 29.6 Å². The van der Waals surface area contributed by atoms with E-state index in [0.29, 0.717) is 23.8 Å². The maximum Gasteiger partial charge on any atom is 0.255 e. The number of halogens is 1. The average molecular weight is 268 g/mol. The monoisotopic (exact) mass is 267 g/mol. The van der Waals surface area contributed by atoms with Gasteiger partial charge >= 0.3 is 0 Å². The molecule has 1 aromatic carbocycles. The SMILES string of the molecule is COc1ccccc1C(=O)NCC1CCC(Cl)C1. The predicted octanol–water partition coefficient (Wildman–Crippen LogP) is 2.83. The Bertz CT molecular complexity index is 422. The Labute approximate surface area is 112 Å². The molecule has 1 saturated carbocycles. The number of hydrogen-bond donors (Lipinski definition) is 1. The summed E-state index contributed by atoms with van der Waals surface area (Å²) in [7, 11) is 1.57. The summed E-state index contributed by atoms with van der Waals surface area (Å²) in [5.41, 5.74) is 0.584. The van der Waals surface area contributed by atoms with Gasteiger partial charge in [-0.1, -0.05) is 12.1 Å². The summed E-state index contributed by atoms with van der Waals surface area (Å²) in [6.45, 7) is 0.695. The van der Waals surface area contributed by atoms with Crippen molar-refractivity contribution in [3.8, 4) is 5.75 Å². The van der Waals surface area contributed by atoms with E-state index in [2.05, 4.69) is 5.32 Å². The fourth-order valence-electron chi connectivity index (χ4n) is 2.36. The molecule has 0 saturated heterocycles. The lowest BCUT2D eigenvalue weighted by Crippen LogP contribution is -2.28. The van der Waals surface area contributed by atoms with Crippen molar-refractivity contribution in [2.24, 2.45) is 5.92 Å². The largest absolute Gasteiger partial charge is 0.496 e. The van der Waals surface area contributed by atoms with Gasteiger partial charge in [0.05, 0.1) is 12.7 Å². The lowest BCUT2D eigenvalue weighted by molar-refractivity contribution is 0.0944. The van der Waals surface area contributed by atoms with Crippen LogP contribution in [0.3, 0.4) is 0 Å². The predicted molar refractivity (Wildman–Crippen MR) is 72.3 cm³/mol. The first kappa shape index (κ1) is 13.2. The molecule has 1 amide bonds. The maximum absolute atomic E-state index is 12.0. The number of methoxy groups -OCH3 is 1. The van der Waals surface area contributed by atoms with E-state index in [1.165, 1.54) is 0 Å². The highest BCUT2D eigenvalue weighted by molar-refractivity contribution is 6.20. The van der Waals surface area contributed by atoms with Crippen molar-refractivity contribution < 1.29 is 9.53 Å². The van der Waals surface area contributed by atoms with Crippen LogP contribution in [-0.4, -0.2) is 24.9 Å². The van der Waals surface area contributed by atoms with Gasteiger partial charge in [-0.15, -0.1) is 11.6 Å². The summed E-state index contributed by atoms with van der Waals surface area (Å²) in [4.78, 5) is 12.0. The molecule has 1 N–H and O–H groups in total. The molecule has 3 nitrogen and oxygen atoms in total. The zero-order valence-corrected chi connectivity index (χ0v) is 11.2. The molecule has 0 spiro atoms. The highest BCUT2D eigenvalue weighted by atomic mass is 35.5. The van der Waals surface area contributed by atoms with Gasteiger partial charge in [0.2, 0.25) is 0 Å². The van der Waals surface area contributed by atoms with Gasteiger partial charge in [-0.3, -0.25) is 4.79 Å². The van der Waals surface area contributed by atoms with Crippen molar-refractivity contribution >= 4 is 17.5 Å². The molecular formula is C14H18ClNO2. The highest BCUT2D eigenvalue weighted by Gasteiger charge is 2.23. The van der Waals surface area contributed by atoms with Crippen molar-refractivity contribution in [1.29, 1.82) is 0 Å². The van der Waals surface area contributed by atoms with Crippen LogP contribution < -0.4 is 10.1 Å². The zero-order chi connectivity index (χ0) is 13.0. The Kier molecular flexibility index (Phi) is 4.48. The molecule has 98 valence electrons. The van der Waals surface area contributed by atoms with E-state index in [1.54, 1.807) is 19.2 Å². The third-order valence-electron chi connectivity index (χ3n) is 3.38. The van der Waals surface area contributed by atoms with Crippen molar-refractivity contribution in [1.82, 2.24) is 5.32 Å². The van der Waals surface area contributed by atoms with Crippen LogP contribution in [0.2, 0.25) is 0 Å². The normalized spacial score (nSPS) is 22.8. The van der Waals surface area contributed by atoms with E-state index >= 15 is 0 Å². The van der Waals surface area contributed by atoms with Gasteiger partial charge in [0.1, 0.15) is 5.75 Å². The molecule has 2 unspecified atom stereocenters. The van der Waals surface area contributed by atoms with E-state index in [-0.39, 0.29) is 11.3 Å². The molecular weight excluding hydrogens is 250 g/mol. The topological polar surface area (TPSA) is 38.3 Å². The molecule has 2 atom stereocenters. The minimum Gasteiger partial charge on any atom is -0.496 e. The van der Waals surface area contributed by atoms with Crippen LogP contribution in [0.4, 0.5) is 0 Å². The van der Waals surface area contributed by atoms with Crippen molar-refractivity contribution in [2.45, 2.75) is 24.6 Å². The summed E-state index contributed by atoms with van der Waals surface area (Å²) >= 11 is 6.05. The summed E-state index contributed by atoms with van der Waals surface area (Å²) in [5.74, 6) is 1.04. The lowest BCUT2D eigenvalue weighted by Gasteiger charge is -2.12. The number of rotatable bonds is 4. The van der Waals surface area contributed by atoms with Gasteiger partial charge in [-0.2, -0.15) is 0 Å². The van der Waals surface area contributed by atoms with Crippen LogP contribution in [0.15, 0.2) is 24.3 Å². The maximum atomic E-state index is 12.0. The van der Waals surface area contributed by atoms with E-state index in [1.807, 2.05) is 12.1 Å². The summed E-state index contributed by atoms with van der Waals surface area (Å²) in [6.07, 6.45) is 3.14. The number of benzene rings is 1. The van der Waals surface area contributed by atoms with Crippen LogP contribution in [0, 0.1) is 5.92 Å². The molecule has 0 heterocycles. The number of ether oxygens (including phenoxy) is 1. The number of carbonyl (C=O) groups excluding carboxylic acids is 1. The minimum atomic E-state index is -0.0783. The fraction of sp³-hybridized carbons (Fsp3) is 0.500. The third-order valence-corrected chi connectivity index (χ3v) is 3.78. The first-order valence-corrected chi connectivity index (χ1v) is 6.69. The van der Waals surface area contributed by atoms with Gasteiger partial charge in [0.25, 0.3) is 5.91 Å². The minimum absolute atomic E-state index is 0.0783. The molecule has 0 radical (unpaired) electrons. The van der Waals surface area contributed by atoms with Gasteiger partial charge in [0.15, 0.2) is 0 Å². The standard InChI is InChI=1S/C14H18ClNO2/c1-18-13-5-3-2-4-12(13)14(17)16-9-10-6-7-11(15)8-10/h2-5,10-11H,6-9H2,1H3,(H,16,17). The lowest BCUT2D eigenvalue weighted by atomic mass is 10.1. The second kappa shape index (κ2) is 6.10. The molecule has 0 aromatic heterocycles. The van der Waals surface area contributed by atoms with Crippen molar-refractivity contribution in [3.63, 3.8) is 0 Å². The van der Waals surface area contributed by atoms with Crippen LogP contribution in [-0.2, 0) is 0 Å². The third kappa shape index (κ3) is 3.16. The second-order valence-corrected chi connectivity index (χ2v) is 5.30. The molecule has 1 fully saturated rings. The average Bonchev–Trinajstić information content (AvgIpc) is 2.81. The Morgan fingerprint density at radius 3 is 2.89 bits per heavy atom. The van der Waals surface area contributed by atoms with Gasteiger partial charge in [-0.05, 0) is 37.3 Å². The number of hydrogen-bond acceptors (Lipinski definition) is 2. The molecule has 1 aliphatic carbocycles. The number of nitrogens with one attached hydrogen (secondary N) is 1. The quantitative estimate of drug-likeness (QED) is 0.852. The second-order valence-electron chi connectivity index (χ2n) is 4.69. The van der Waals surface area contributed by atoms with E-state index in [0.717, 1.165) is 19.3 Å². The summed E-state index contributed by atoms with van der Waals surface area (Å²) in [6, 6.07) is 7.25. The van der Waals surface area contributed by atoms with Crippen LogP contribution in [0.25, 0.3) is 0 Å². The number of carbonyl (C=O) groups is 1. The first-order chi connectivity index (χ1) is 8.70. The summed E-state index contributed by atoms with van der Waals surface area (Å²) < 4.78 is 5.17. The van der Waals surface area contributed by atoms with Crippen molar-refractivity contribution in [3.05, 3.63) is 29.8 Å². The molecule has 1 aliphatic rings. The number of alkyl halides is 1. The number of para-hydroxylation sites is 1. The van der Waals surface area contributed by atoms with E-state index in [9.17, 15) is 4.79 Å². The molecule has 1 aromatic rings. The Morgan fingerprint density at radius 1 is 1.44 bits per heavy atom. The van der Waals surface area contributed by atoms with E-state index in [4.69, 9.17) is 16.3 Å². The molecule has 4 heteroatoms. The number of amides is 1. The zero-order valence-electron chi connectivity index (χ0n) is 10.5. The molecule has 0 bridgehead atoms. The van der Waals surface area contributed by atoms with E-state index < -0.39 is 0 Å². The Hall–Kier alpha value is -1.22. The first-order valence-electron chi connectivity index (χ1n) is 6.26. The molecule has 2 rings (SSSR count).